The van der Waals surface area contributed by atoms with E-state index in [0.717, 1.165) is 34.1 Å². The fourth-order valence-electron chi connectivity index (χ4n) is 3.55. The Balaban J connectivity index is 1.62. The second kappa shape index (κ2) is 6.28. The zero-order valence-electron chi connectivity index (χ0n) is 13.9. The first-order chi connectivity index (χ1) is 12.7. The van der Waals surface area contributed by atoms with Gasteiger partial charge in [0.2, 0.25) is 0 Å². The molecule has 5 nitrogen and oxygen atoms in total. The third kappa shape index (κ3) is 2.77. The number of thiophene rings is 2. The molecule has 1 atom stereocenters. The van der Waals surface area contributed by atoms with Crippen LogP contribution >= 0.6 is 22.7 Å². The van der Waals surface area contributed by atoms with Gasteiger partial charge in [-0.3, -0.25) is 9.69 Å². The number of aliphatic hydroxyl groups is 1. The summed E-state index contributed by atoms with van der Waals surface area (Å²) in [6.07, 6.45) is 0.498. The predicted octanol–water partition coefficient (Wildman–Crippen LogP) is 3.43. The number of hydrogen-bond acceptors (Lipinski definition) is 6. The maximum Gasteiger partial charge on any atom is 0.268 e. The van der Waals surface area contributed by atoms with Gasteiger partial charge in [-0.15, -0.1) is 11.3 Å². The number of hydrogen-bond donors (Lipinski definition) is 2. The van der Waals surface area contributed by atoms with Crippen LogP contribution in [0.5, 0.6) is 0 Å². The van der Waals surface area contributed by atoms with E-state index in [9.17, 15) is 9.90 Å². The smallest absolute Gasteiger partial charge is 0.268 e. The molecule has 0 saturated carbocycles. The lowest BCUT2D eigenvalue weighted by molar-refractivity contribution is 0.174. The Morgan fingerprint density at radius 3 is 3.00 bits per heavy atom. The topological polar surface area (TPSA) is 69.2 Å². The average Bonchev–Trinajstić information content (AvgIpc) is 3.35. The second-order valence-corrected chi connectivity index (χ2v) is 8.53. The molecule has 132 valence electrons. The van der Waals surface area contributed by atoms with Crippen molar-refractivity contribution < 1.29 is 5.11 Å². The number of nitrogens with zero attached hydrogens (tertiary/aromatic N) is 2. The molecule has 1 aromatic carbocycles. The predicted molar refractivity (Wildman–Crippen MR) is 107 cm³/mol. The molecule has 0 radical (unpaired) electrons. The van der Waals surface area contributed by atoms with Crippen LogP contribution in [0.15, 0.2) is 39.8 Å². The minimum absolute atomic E-state index is 0.0805. The van der Waals surface area contributed by atoms with Crippen molar-refractivity contribution in [2.24, 2.45) is 0 Å². The summed E-state index contributed by atoms with van der Waals surface area (Å²) in [5.41, 5.74) is 3.03. The van der Waals surface area contributed by atoms with Gasteiger partial charge in [-0.05, 0) is 46.5 Å². The van der Waals surface area contributed by atoms with Crippen molar-refractivity contribution in [3.05, 3.63) is 51.2 Å². The number of β-amino-alcohol motifs (C(OH)–C–C–N with tert-alkyl or cyclic N) is 1. The first-order valence-electron chi connectivity index (χ1n) is 8.56. The fraction of sp³-hybridized carbons (Fsp3) is 0.263. The summed E-state index contributed by atoms with van der Waals surface area (Å²) in [5.74, 6) is 0.664. The van der Waals surface area contributed by atoms with E-state index < -0.39 is 0 Å². The van der Waals surface area contributed by atoms with Crippen LogP contribution in [0.4, 0.5) is 0 Å². The number of aromatic amines is 1. The van der Waals surface area contributed by atoms with Crippen molar-refractivity contribution in [2.45, 2.75) is 19.1 Å². The molecule has 0 bridgehead atoms. The number of likely N-dealkylation sites (tertiary alicyclic amines) is 1. The van der Waals surface area contributed by atoms with Crippen molar-refractivity contribution >= 4 is 43.0 Å². The van der Waals surface area contributed by atoms with E-state index in [1.54, 1.807) is 11.3 Å². The second-order valence-electron chi connectivity index (χ2n) is 6.69. The van der Waals surface area contributed by atoms with Crippen molar-refractivity contribution in [1.82, 2.24) is 14.9 Å². The number of nitrogens with one attached hydrogen (secondary N) is 1. The highest BCUT2D eigenvalue weighted by Gasteiger charge is 2.21. The van der Waals surface area contributed by atoms with Crippen LogP contribution in [0.25, 0.3) is 31.4 Å². The average molecular weight is 383 g/mol. The van der Waals surface area contributed by atoms with Gasteiger partial charge in [0.25, 0.3) is 5.56 Å². The molecule has 7 heteroatoms. The summed E-state index contributed by atoms with van der Waals surface area (Å²) in [5, 5.41) is 14.9. The Hall–Kier alpha value is -2.06. The highest BCUT2D eigenvalue weighted by Crippen LogP contribution is 2.34. The maximum absolute atomic E-state index is 12.6. The van der Waals surface area contributed by atoms with Gasteiger partial charge >= 0.3 is 0 Å². The number of aliphatic hydroxyl groups excluding tert-OH is 1. The van der Waals surface area contributed by atoms with Gasteiger partial charge in [-0.25, -0.2) is 4.98 Å². The first kappa shape index (κ1) is 16.1. The van der Waals surface area contributed by atoms with Gasteiger partial charge < -0.3 is 10.1 Å². The normalized spacial score (nSPS) is 18.3. The Labute approximate surface area is 157 Å². The summed E-state index contributed by atoms with van der Waals surface area (Å²) in [4.78, 5) is 22.4. The van der Waals surface area contributed by atoms with Crippen molar-refractivity contribution in [1.29, 1.82) is 0 Å². The van der Waals surface area contributed by atoms with Gasteiger partial charge in [0.05, 0.1) is 18.2 Å². The summed E-state index contributed by atoms with van der Waals surface area (Å²) in [6, 6.07) is 8.40. The number of benzene rings is 1. The quantitative estimate of drug-likeness (QED) is 0.569. The van der Waals surface area contributed by atoms with E-state index in [4.69, 9.17) is 4.98 Å². The molecule has 0 aliphatic carbocycles. The lowest BCUT2D eigenvalue weighted by Gasteiger charge is -2.13. The minimum Gasteiger partial charge on any atom is -0.392 e. The largest absolute Gasteiger partial charge is 0.392 e. The highest BCUT2D eigenvalue weighted by molar-refractivity contribution is 7.25. The van der Waals surface area contributed by atoms with Crippen LogP contribution in [0.2, 0.25) is 0 Å². The zero-order valence-corrected chi connectivity index (χ0v) is 15.6. The molecule has 1 saturated heterocycles. The Bertz CT molecular complexity index is 1150. The first-order valence-corrected chi connectivity index (χ1v) is 10.3. The van der Waals surface area contributed by atoms with E-state index >= 15 is 0 Å². The lowest BCUT2D eigenvalue weighted by atomic mass is 10.1. The van der Waals surface area contributed by atoms with Crippen molar-refractivity contribution in [2.75, 3.05) is 13.1 Å². The number of rotatable bonds is 3. The molecule has 3 aromatic heterocycles. The Morgan fingerprint density at radius 2 is 2.23 bits per heavy atom. The molecule has 1 fully saturated rings. The summed E-state index contributed by atoms with van der Waals surface area (Å²) in [7, 11) is 0. The Morgan fingerprint density at radius 1 is 1.31 bits per heavy atom. The van der Waals surface area contributed by atoms with E-state index in [2.05, 4.69) is 44.9 Å². The molecule has 5 rings (SSSR count). The molecule has 0 spiro atoms. The molecule has 26 heavy (non-hydrogen) atoms. The van der Waals surface area contributed by atoms with E-state index in [1.165, 1.54) is 16.9 Å². The molecular weight excluding hydrogens is 366 g/mol. The molecular formula is C19H17N3O2S2. The third-order valence-corrected chi connectivity index (χ3v) is 6.69. The summed E-state index contributed by atoms with van der Waals surface area (Å²) in [6.45, 7) is 2.02. The van der Waals surface area contributed by atoms with Crippen LogP contribution in [-0.2, 0) is 6.54 Å². The molecule has 2 N–H and O–H groups in total. The molecule has 4 aromatic rings. The molecule has 4 heterocycles. The monoisotopic (exact) mass is 383 g/mol. The molecule has 0 unspecified atom stereocenters. The van der Waals surface area contributed by atoms with E-state index in [1.807, 2.05) is 0 Å². The minimum atomic E-state index is -0.277. The van der Waals surface area contributed by atoms with Crippen LogP contribution in [0, 0.1) is 0 Å². The van der Waals surface area contributed by atoms with Gasteiger partial charge in [0.1, 0.15) is 10.5 Å². The van der Waals surface area contributed by atoms with Gasteiger partial charge in [0, 0.05) is 23.2 Å². The summed E-state index contributed by atoms with van der Waals surface area (Å²) < 4.78 is 1.75. The standard InChI is InChI=1S/C19H17N3O2S2/c23-13-3-5-22(8-13)9-16-20-17-14-7-11(12-4-6-25-10-12)1-2-15(14)26-18(17)19(24)21-16/h1-2,4,6-7,10,13,23H,3,5,8-9H2,(H,20,21,24)/t13-/m0/s1. The molecule has 1 aliphatic rings. The third-order valence-electron chi connectivity index (χ3n) is 4.85. The van der Waals surface area contributed by atoms with E-state index in [0.29, 0.717) is 23.6 Å². The van der Waals surface area contributed by atoms with Crippen LogP contribution in [-0.4, -0.2) is 39.2 Å². The van der Waals surface area contributed by atoms with Crippen LogP contribution in [0.1, 0.15) is 12.2 Å². The van der Waals surface area contributed by atoms with Gasteiger partial charge in [-0.2, -0.15) is 11.3 Å². The Kier molecular flexibility index (Phi) is 3.90. The number of aromatic nitrogens is 2. The van der Waals surface area contributed by atoms with Crippen LogP contribution < -0.4 is 5.56 Å². The van der Waals surface area contributed by atoms with Gasteiger partial charge in [-0.1, -0.05) is 6.07 Å². The molecule has 0 amide bonds. The summed E-state index contributed by atoms with van der Waals surface area (Å²) >= 11 is 3.16. The SMILES string of the molecule is O=c1[nH]c(CN2CC[C@H](O)C2)nc2c1sc1ccc(-c3ccsc3)cc12. The number of H-pyrrole nitrogens is 1. The van der Waals surface area contributed by atoms with E-state index in [-0.39, 0.29) is 11.7 Å². The zero-order chi connectivity index (χ0) is 17.7. The van der Waals surface area contributed by atoms with Gasteiger partial charge in [0.15, 0.2) is 0 Å². The van der Waals surface area contributed by atoms with Crippen LogP contribution in [0.3, 0.4) is 0 Å². The lowest BCUT2D eigenvalue weighted by Crippen LogP contribution is -2.24. The van der Waals surface area contributed by atoms with Crippen molar-refractivity contribution in [3.8, 4) is 11.1 Å². The maximum atomic E-state index is 12.6. The van der Waals surface area contributed by atoms with Crippen molar-refractivity contribution in [3.63, 3.8) is 0 Å². The number of fused-ring (bicyclic) bond motifs is 3. The molecule has 1 aliphatic heterocycles. The fourth-order valence-corrected chi connectivity index (χ4v) is 5.23. The highest BCUT2D eigenvalue weighted by atomic mass is 32.1.